The molecule has 1 aliphatic rings. The molecule has 2 aromatic carbocycles. The third-order valence-electron chi connectivity index (χ3n) is 5.51. The van der Waals surface area contributed by atoms with Gasteiger partial charge >= 0.3 is 0 Å². The monoisotopic (exact) mass is 464 g/mol. The lowest BCUT2D eigenvalue weighted by Gasteiger charge is -2.22. The Balaban J connectivity index is 1.55. The van der Waals surface area contributed by atoms with Crippen LogP contribution >= 0.6 is 11.8 Å². The van der Waals surface area contributed by atoms with E-state index >= 15 is 0 Å². The topological polar surface area (TPSA) is 71.2 Å². The first-order valence-electron chi connectivity index (χ1n) is 10.9. The van der Waals surface area contributed by atoms with Gasteiger partial charge in [-0.1, -0.05) is 54.2 Å². The number of nitrogens with zero attached hydrogens (tertiary/aromatic N) is 4. The summed E-state index contributed by atoms with van der Waals surface area (Å²) in [6, 6.07) is 18.2. The van der Waals surface area contributed by atoms with E-state index in [2.05, 4.69) is 9.55 Å². The van der Waals surface area contributed by atoms with Crippen molar-refractivity contribution in [2.24, 2.45) is 0 Å². The van der Waals surface area contributed by atoms with Gasteiger partial charge in [-0.05, 0) is 30.5 Å². The summed E-state index contributed by atoms with van der Waals surface area (Å²) in [4.78, 5) is 19.0. The lowest BCUT2D eigenvalue weighted by Crippen LogP contribution is -2.34. The standard InChI is InChI=1S/C25H25FN4O2S/c26-21-11-4-5-12-22(21)29(14-7-13-27)24(31)18-33-25-28-16-23(19-8-2-1-3-9-19)30(25)17-20-10-6-15-32-20/h1-5,8-9,11-12,16,20H,6-7,10,14-15,17-18H2. The first kappa shape index (κ1) is 23.0. The number of ether oxygens (including phenoxy) is 1. The first-order valence-corrected chi connectivity index (χ1v) is 11.9. The van der Waals surface area contributed by atoms with Crippen molar-refractivity contribution < 1.29 is 13.9 Å². The van der Waals surface area contributed by atoms with E-state index in [0.29, 0.717) is 11.7 Å². The van der Waals surface area contributed by atoms with Gasteiger partial charge in [-0.15, -0.1) is 0 Å². The van der Waals surface area contributed by atoms with Crippen LogP contribution < -0.4 is 4.90 Å². The van der Waals surface area contributed by atoms with Crippen molar-refractivity contribution >= 4 is 23.4 Å². The van der Waals surface area contributed by atoms with Crippen molar-refractivity contribution in [2.75, 3.05) is 23.8 Å². The predicted octanol–water partition coefficient (Wildman–Crippen LogP) is 4.91. The van der Waals surface area contributed by atoms with E-state index in [0.717, 1.165) is 30.7 Å². The molecule has 0 aliphatic carbocycles. The SMILES string of the molecule is N#CCCN(C(=O)CSc1ncc(-c2ccccc2)n1CC1CCCO1)c1ccccc1F. The number of imidazole rings is 1. The van der Waals surface area contributed by atoms with Crippen molar-refractivity contribution in [1.82, 2.24) is 9.55 Å². The molecule has 33 heavy (non-hydrogen) atoms. The van der Waals surface area contributed by atoms with E-state index in [1.54, 1.807) is 18.2 Å². The van der Waals surface area contributed by atoms with Gasteiger partial charge in [0, 0.05) is 13.2 Å². The Bertz CT molecular complexity index is 1120. The Labute approximate surface area is 197 Å². The quantitative estimate of drug-likeness (QED) is 0.421. The summed E-state index contributed by atoms with van der Waals surface area (Å²) in [5.74, 6) is -0.676. The summed E-state index contributed by atoms with van der Waals surface area (Å²) in [5.41, 5.74) is 2.20. The number of rotatable bonds is 9. The summed E-state index contributed by atoms with van der Waals surface area (Å²) in [7, 11) is 0. The highest BCUT2D eigenvalue weighted by Crippen LogP contribution is 2.29. The number of hydrogen-bond donors (Lipinski definition) is 0. The number of amides is 1. The maximum atomic E-state index is 14.4. The van der Waals surface area contributed by atoms with Gasteiger partial charge < -0.3 is 14.2 Å². The zero-order valence-corrected chi connectivity index (χ0v) is 19.0. The fourth-order valence-electron chi connectivity index (χ4n) is 3.90. The van der Waals surface area contributed by atoms with E-state index in [1.165, 1.54) is 22.7 Å². The number of halogens is 1. The van der Waals surface area contributed by atoms with E-state index in [-0.39, 0.29) is 36.4 Å². The third-order valence-corrected chi connectivity index (χ3v) is 6.49. The van der Waals surface area contributed by atoms with Crippen LogP contribution in [-0.4, -0.2) is 40.5 Å². The molecular weight excluding hydrogens is 439 g/mol. The summed E-state index contributed by atoms with van der Waals surface area (Å²) in [5, 5.41) is 9.71. The number of thioether (sulfide) groups is 1. The predicted molar refractivity (Wildman–Crippen MR) is 126 cm³/mol. The molecule has 170 valence electrons. The molecule has 0 bridgehead atoms. The zero-order chi connectivity index (χ0) is 23.0. The van der Waals surface area contributed by atoms with Gasteiger partial charge in [0.15, 0.2) is 5.16 Å². The van der Waals surface area contributed by atoms with Crippen LogP contribution in [0.2, 0.25) is 0 Å². The van der Waals surface area contributed by atoms with Crippen LogP contribution in [0.4, 0.5) is 10.1 Å². The van der Waals surface area contributed by atoms with Crippen LogP contribution in [-0.2, 0) is 16.1 Å². The van der Waals surface area contributed by atoms with E-state index in [1.807, 2.05) is 42.6 Å². The molecule has 3 aromatic rings. The summed E-state index contributed by atoms with van der Waals surface area (Å²) in [6.45, 7) is 1.56. The highest BCUT2D eigenvalue weighted by atomic mass is 32.2. The van der Waals surface area contributed by atoms with Crippen LogP contribution in [0.15, 0.2) is 66.0 Å². The zero-order valence-electron chi connectivity index (χ0n) is 18.2. The average Bonchev–Trinajstić information content (AvgIpc) is 3.50. The minimum absolute atomic E-state index is 0.0799. The van der Waals surface area contributed by atoms with Gasteiger partial charge in [0.2, 0.25) is 5.91 Å². The smallest absolute Gasteiger partial charge is 0.237 e. The number of benzene rings is 2. The molecule has 0 spiro atoms. The number of para-hydroxylation sites is 1. The molecule has 1 unspecified atom stereocenters. The van der Waals surface area contributed by atoms with Crippen LogP contribution in [0.1, 0.15) is 19.3 Å². The lowest BCUT2D eigenvalue weighted by atomic mass is 10.1. The van der Waals surface area contributed by atoms with Gasteiger partial charge in [0.25, 0.3) is 0 Å². The molecule has 0 N–H and O–H groups in total. The Morgan fingerprint density at radius 1 is 1.24 bits per heavy atom. The second kappa shape index (κ2) is 11.1. The Morgan fingerprint density at radius 2 is 2.03 bits per heavy atom. The van der Waals surface area contributed by atoms with Crippen LogP contribution in [0.3, 0.4) is 0 Å². The van der Waals surface area contributed by atoms with Gasteiger partial charge in [-0.3, -0.25) is 4.79 Å². The minimum Gasteiger partial charge on any atom is -0.376 e. The summed E-state index contributed by atoms with van der Waals surface area (Å²) in [6.07, 6.45) is 4.09. The molecule has 0 radical (unpaired) electrons. The van der Waals surface area contributed by atoms with Crippen molar-refractivity contribution in [1.29, 1.82) is 5.26 Å². The van der Waals surface area contributed by atoms with Crippen LogP contribution in [0, 0.1) is 17.1 Å². The molecule has 1 atom stereocenters. The normalized spacial score (nSPS) is 15.3. The molecule has 4 rings (SSSR count). The van der Waals surface area contributed by atoms with Crippen molar-refractivity contribution in [3.63, 3.8) is 0 Å². The number of hydrogen-bond acceptors (Lipinski definition) is 5. The number of carbonyl (C=O) groups excluding carboxylic acids is 1. The number of anilines is 1. The number of aromatic nitrogens is 2. The van der Waals surface area contributed by atoms with E-state index < -0.39 is 5.82 Å². The van der Waals surface area contributed by atoms with Gasteiger partial charge in [0.05, 0.1) is 48.5 Å². The Kier molecular flexibility index (Phi) is 7.76. The Hall–Kier alpha value is -3.15. The number of nitriles is 1. The molecule has 1 fully saturated rings. The van der Waals surface area contributed by atoms with Crippen molar-refractivity contribution in [2.45, 2.75) is 37.1 Å². The molecule has 1 aromatic heterocycles. The van der Waals surface area contributed by atoms with Crippen molar-refractivity contribution in [3.05, 3.63) is 66.6 Å². The fraction of sp³-hybridized carbons (Fsp3) is 0.320. The fourth-order valence-corrected chi connectivity index (χ4v) is 4.76. The molecule has 8 heteroatoms. The Morgan fingerprint density at radius 3 is 2.76 bits per heavy atom. The molecule has 6 nitrogen and oxygen atoms in total. The molecule has 1 amide bonds. The van der Waals surface area contributed by atoms with Crippen LogP contribution in [0.25, 0.3) is 11.3 Å². The molecule has 2 heterocycles. The summed E-state index contributed by atoms with van der Waals surface area (Å²) >= 11 is 1.32. The number of carbonyl (C=O) groups is 1. The lowest BCUT2D eigenvalue weighted by molar-refractivity contribution is -0.116. The van der Waals surface area contributed by atoms with Gasteiger partial charge in [0.1, 0.15) is 5.82 Å². The minimum atomic E-state index is -0.486. The van der Waals surface area contributed by atoms with Gasteiger partial charge in [-0.25, -0.2) is 9.37 Å². The molecule has 0 saturated carbocycles. The third kappa shape index (κ3) is 5.62. The second-order valence-corrected chi connectivity index (χ2v) is 8.67. The first-order chi connectivity index (χ1) is 16.2. The largest absolute Gasteiger partial charge is 0.376 e. The van der Waals surface area contributed by atoms with Crippen molar-refractivity contribution in [3.8, 4) is 17.3 Å². The van der Waals surface area contributed by atoms with E-state index in [4.69, 9.17) is 10.00 Å². The maximum Gasteiger partial charge on any atom is 0.237 e. The van der Waals surface area contributed by atoms with E-state index in [9.17, 15) is 9.18 Å². The highest BCUT2D eigenvalue weighted by molar-refractivity contribution is 7.99. The maximum absolute atomic E-state index is 14.4. The highest BCUT2D eigenvalue weighted by Gasteiger charge is 2.23. The average molecular weight is 465 g/mol. The second-order valence-electron chi connectivity index (χ2n) is 7.73. The van der Waals surface area contributed by atoms with Crippen LogP contribution in [0.5, 0.6) is 0 Å². The van der Waals surface area contributed by atoms with Gasteiger partial charge in [-0.2, -0.15) is 5.26 Å². The molecular formula is C25H25FN4O2S. The summed E-state index contributed by atoms with van der Waals surface area (Å²) < 4.78 is 22.3. The molecule has 1 saturated heterocycles. The molecule has 1 aliphatic heterocycles.